The summed E-state index contributed by atoms with van der Waals surface area (Å²) >= 11 is 0. The minimum Gasteiger partial charge on any atom is -0.325 e. The topological polar surface area (TPSA) is 104 Å². The molecule has 3 aromatic carbocycles. The Morgan fingerprint density at radius 3 is 2.03 bits per heavy atom. The van der Waals surface area contributed by atoms with Gasteiger partial charge in [0.1, 0.15) is 6.54 Å². The van der Waals surface area contributed by atoms with Gasteiger partial charge in [0.15, 0.2) is 0 Å². The predicted molar refractivity (Wildman–Crippen MR) is 140 cm³/mol. The van der Waals surface area contributed by atoms with E-state index in [0.29, 0.717) is 24.5 Å². The third kappa shape index (κ3) is 5.77. The van der Waals surface area contributed by atoms with Crippen LogP contribution in [0.2, 0.25) is 0 Å². The zero-order chi connectivity index (χ0) is 25.8. The molecule has 0 spiro atoms. The largest absolute Gasteiger partial charge is 0.325 e. The lowest BCUT2D eigenvalue weighted by molar-refractivity contribution is -0.114. The van der Waals surface area contributed by atoms with Gasteiger partial charge in [-0.1, -0.05) is 42.3 Å². The molecule has 0 aromatic heterocycles. The van der Waals surface area contributed by atoms with E-state index in [1.807, 2.05) is 6.92 Å². The van der Waals surface area contributed by atoms with Gasteiger partial charge in [-0.05, 0) is 68.3 Å². The molecule has 8 nitrogen and oxygen atoms in total. The maximum absolute atomic E-state index is 13.4. The highest BCUT2D eigenvalue weighted by atomic mass is 32.2. The Labute approximate surface area is 212 Å². The summed E-state index contributed by atoms with van der Waals surface area (Å²) < 4.78 is 55.0. The van der Waals surface area contributed by atoms with Gasteiger partial charge in [-0.25, -0.2) is 16.8 Å². The van der Waals surface area contributed by atoms with Crippen molar-refractivity contribution in [1.29, 1.82) is 0 Å². The SMILES string of the molecule is Cc1ccc(N(CC(=O)Nc2ccc(S(=O)(=O)N3CCCCC3)cc2)S(=O)(=O)c2ccccc2)cc1. The van der Waals surface area contributed by atoms with Crippen molar-refractivity contribution in [1.82, 2.24) is 4.31 Å². The Kier molecular flexibility index (Phi) is 7.77. The van der Waals surface area contributed by atoms with Crippen LogP contribution in [0.3, 0.4) is 0 Å². The molecule has 0 atom stereocenters. The molecule has 1 N–H and O–H groups in total. The molecule has 36 heavy (non-hydrogen) atoms. The van der Waals surface area contributed by atoms with E-state index >= 15 is 0 Å². The standard InChI is InChI=1S/C26H29N3O5S2/c1-21-10-14-23(15-11-21)29(36(33,34)24-8-4-2-5-9-24)20-26(30)27-22-12-16-25(17-13-22)35(31,32)28-18-6-3-7-19-28/h2,4-5,8-17H,3,6-7,18-20H2,1H3,(H,27,30). The third-order valence-electron chi connectivity index (χ3n) is 6.03. The van der Waals surface area contributed by atoms with Gasteiger partial charge in [-0.15, -0.1) is 0 Å². The van der Waals surface area contributed by atoms with Crippen molar-refractivity contribution < 1.29 is 21.6 Å². The normalized spacial score (nSPS) is 14.8. The van der Waals surface area contributed by atoms with Gasteiger partial charge in [0, 0.05) is 18.8 Å². The first kappa shape index (κ1) is 25.9. The summed E-state index contributed by atoms with van der Waals surface area (Å²) in [5.74, 6) is -0.554. The number of piperidine rings is 1. The van der Waals surface area contributed by atoms with Crippen LogP contribution in [0.4, 0.5) is 11.4 Å². The molecule has 0 unspecified atom stereocenters. The highest BCUT2D eigenvalue weighted by molar-refractivity contribution is 7.92. The van der Waals surface area contributed by atoms with Crippen LogP contribution in [-0.4, -0.2) is 46.7 Å². The molecule has 0 aliphatic carbocycles. The van der Waals surface area contributed by atoms with Crippen LogP contribution in [0.5, 0.6) is 0 Å². The maximum Gasteiger partial charge on any atom is 0.264 e. The van der Waals surface area contributed by atoms with E-state index in [1.165, 1.54) is 40.7 Å². The molecular weight excluding hydrogens is 498 g/mol. The number of rotatable bonds is 8. The predicted octanol–water partition coefficient (Wildman–Crippen LogP) is 4.00. The second kappa shape index (κ2) is 10.8. The fraction of sp³-hybridized carbons (Fsp3) is 0.269. The van der Waals surface area contributed by atoms with Crippen molar-refractivity contribution in [2.24, 2.45) is 0 Å². The molecule has 0 radical (unpaired) electrons. The summed E-state index contributed by atoms with van der Waals surface area (Å²) in [7, 11) is -7.59. The van der Waals surface area contributed by atoms with Crippen molar-refractivity contribution in [3.05, 3.63) is 84.4 Å². The van der Waals surface area contributed by atoms with Gasteiger partial charge in [0.2, 0.25) is 15.9 Å². The third-order valence-corrected chi connectivity index (χ3v) is 9.73. The summed E-state index contributed by atoms with van der Waals surface area (Å²) in [5, 5.41) is 2.68. The van der Waals surface area contributed by atoms with Crippen molar-refractivity contribution in [2.75, 3.05) is 29.3 Å². The van der Waals surface area contributed by atoms with Crippen LogP contribution in [0.1, 0.15) is 24.8 Å². The summed E-state index contributed by atoms with van der Waals surface area (Å²) in [6.07, 6.45) is 2.71. The molecule has 4 rings (SSSR count). The summed E-state index contributed by atoms with van der Waals surface area (Å²) in [5.41, 5.74) is 1.70. The summed E-state index contributed by atoms with van der Waals surface area (Å²) in [6, 6.07) is 20.7. The first-order valence-electron chi connectivity index (χ1n) is 11.7. The van der Waals surface area contributed by atoms with E-state index in [0.717, 1.165) is 29.1 Å². The average Bonchev–Trinajstić information content (AvgIpc) is 2.89. The van der Waals surface area contributed by atoms with Gasteiger partial charge in [0.05, 0.1) is 15.5 Å². The smallest absolute Gasteiger partial charge is 0.264 e. The van der Waals surface area contributed by atoms with Crippen molar-refractivity contribution in [3.8, 4) is 0 Å². The highest BCUT2D eigenvalue weighted by Crippen LogP contribution is 2.25. The zero-order valence-electron chi connectivity index (χ0n) is 20.0. The zero-order valence-corrected chi connectivity index (χ0v) is 21.6. The number of carbonyl (C=O) groups is 1. The minimum absolute atomic E-state index is 0.0747. The van der Waals surface area contributed by atoms with Crippen LogP contribution < -0.4 is 9.62 Å². The fourth-order valence-corrected chi connectivity index (χ4v) is 7.00. The van der Waals surface area contributed by atoms with Crippen molar-refractivity contribution >= 4 is 37.3 Å². The first-order chi connectivity index (χ1) is 17.2. The first-order valence-corrected chi connectivity index (χ1v) is 14.6. The van der Waals surface area contributed by atoms with E-state index in [2.05, 4.69) is 5.32 Å². The maximum atomic E-state index is 13.4. The molecule has 1 aliphatic heterocycles. The Bertz CT molecular complexity index is 1400. The second-order valence-electron chi connectivity index (χ2n) is 8.70. The quantitative estimate of drug-likeness (QED) is 0.477. The number of nitrogens with one attached hydrogen (secondary N) is 1. The molecule has 0 bridgehead atoms. The van der Waals surface area contributed by atoms with E-state index < -0.39 is 32.5 Å². The molecule has 190 valence electrons. The van der Waals surface area contributed by atoms with Gasteiger partial charge in [0.25, 0.3) is 10.0 Å². The number of carbonyl (C=O) groups excluding carboxylic acids is 1. The number of hydrogen-bond acceptors (Lipinski definition) is 5. The number of anilines is 2. The van der Waals surface area contributed by atoms with Gasteiger partial charge in [-0.2, -0.15) is 4.31 Å². The van der Waals surface area contributed by atoms with Gasteiger partial charge >= 0.3 is 0 Å². The number of nitrogens with zero attached hydrogens (tertiary/aromatic N) is 2. The molecule has 1 amide bonds. The lowest BCUT2D eigenvalue weighted by Gasteiger charge is -2.26. The summed E-state index contributed by atoms with van der Waals surface area (Å²) in [4.78, 5) is 13.2. The number of sulfonamides is 2. The number of amides is 1. The molecule has 3 aromatic rings. The Balaban J connectivity index is 1.53. The second-order valence-corrected chi connectivity index (χ2v) is 12.5. The molecular formula is C26H29N3O5S2. The highest BCUT2D eigenvalue weighted by Gasteiger charge is 2.28. The molecule has 1 saturated heterocycles. The van der Waals surface area contributed by atoms with Crippen LogP contribution in [0.15, 0.2) is 88.7 Å². The van der Waals surface area contributed by atoms with E-state index in [4.69, 9.17) is 0 Å². The molecule has 1 heterocycles. The minimum atomic E-state index is -4.01. The number of hydrogen-bond donors (Lipinski definition) is 1. The van der Waals surface area contributed by atoms with Crippen molar-refractivity contribution in [2.45, 2.75) is 36.0 Å². The van der Waals surface area contributed by atoms with Crippen LogP contribution in [-0.2, 0) is 24.8 Å². The molecule has 0 saturated carbocycles. The lowest BCUT2D eigenvalue weighted by Crippen LogP contribution is -2.38. The Hall–Kier alpha value is -3.21. The number of aryl methyl sites for hydroxylation is 1. The Morgan fingerprint density at radius 2 is 1.42 bits per heavy atom. The Morgan fingerprint density at radius 1 is 0.806 bits per heavy atom. The van der Waals surface area contributed by atoms with Crippen LogP contribution in [0, 0.1) is 6.92 Å². The molecule has 1 fully saturated rings. The monoisotopic (exact) mass is 527 g/mol. The lowest BCUT2D eigenvalue weighted by atomic mass is 10.2. The van der Waals surface area contributed by atoms with Crippen molar-refractivity contribution in [3.63, 3.8) is 0 Å². The summed E-state index contributed by atoms with van der Waals surface area (Å²) in [6.45, 7) is 2.45. The van der Waals surface area contributed by atoms with Crippen LogP contribution >= 0.6 is 0 Å². The number of benzene rings is 3. The molecule has 1 aliphatic rings. The molecule has 10 heteroatoms. The fourth-order valence-electron chi connectivity index (χ4n) is 4.04. The van der Waals surface area contributed by atoms with Gasteiger partial charge < -0.3 is 5.32 Å². The van der Waals surface area contributed by atoms with Crippen LogP contribution in [0.25, 0.3) is 0 Å². The van der Waals surface area contributed by atoms with E-state index in [9.17, 15) is 21.6 Å². The van der Waals surface area contributed by atoms with Gasteiger partial charge in [-0.3, -0.25) is 9.10 Å². The van der Waals surface area contributed by atoms with E-state index in [1.54, 1.807) is 42.5 Å². The van der Waals surface area contributed by atoms with E-state index in [-0.39, 0.29) is 9.79 Å². The average molecular weight is 528 g/mol.